The number of nitrogens with zero attached hydrogens (tertiary/aromatic N) is 4. The first-order valence-corrected chi connectivity index (χ1v) is 11.9. The maximum absolute atomic E-state index is 12.4. The van der Waals surface area contributed by atoms with E-state index < -0.39 is 0 Å². The van der Waals surface area contributed by atoms with Gasteiger partial charge in [0.05, 0.1) is 11.4 Å². The zero-order chi connectivity index (χ0) is 24.0. The lowest BCUT2D eigenvalue weighted by molar-refractivity contribution is -0.113. The Morgan fingerprint density at radius 1 is 1.27 bits per heavy atom. The van der Waals surface area contributed by atoms with Gasteiger partial charge in [-0.25, -0.2) is 4.98 Å². The number of halogens is 1. The van der Waals surface area contributed by atoms with Crippen molar-refractivity contribution >= 4 is 35.0 Å². The molecule has 1 N–H and O–H groups in total. The van der Waals surface area contributed by atoms with Gasteiger partial charge in [-0.2, -0.15) is 0 Å². The molecule has 0 fully saturated rings. The molecule has 2 heterocycles. The molecule has 0 aliphatic heterocycles. The molecule has 0 aliphatic rings. The molecule has 9 heteroatoms. The second-order valence-corrected chi connectivity index (χ2v) is 9.75. The zero-order valence-corrected chi connectivity index (χ0v) is 20.8. The first-order chi connectivity index (χ1) is 15.7. The Labute approximate surface area is 203 Å². The smallest absolute Gasteiger partial charge is 0.234 e. The number of carbonyl (C=O) groups is 1. The maximum Gasteiger partial charge on any atom is 0.234 e. The molecule has 0 spiro atoms. The summed E-state index contributed by atoms with van der Waals surface area (Å²) < 4.78 is 8.02. The van der Waals surface area contributed by atoms with Gasteiger partial charge in [0.2, 0.25) is 5.91 Å². The highest BCUT2D eigenvalue weighted by Crippen LogP contribution is 2.28. The van der Waals surface area contributed by atoms with Crippen LogP contribution in [0.1, 0.15) is 45.2 Å². The first-order valence-electron chi connectivity index (χ1n) is 10.5. The Morgan fingerprint density at radius 3 is 2.64 bits per heavy atom. The van der Waals surface area contributed by atoms with Crippen molar-refractivity contribution in [2.75, 3.05) is 11.1 Å². The highest BCUT2D eigenvalue weighted by molar-refractivity contribution is 7.99. The van der Waals surface area contributed by atoms with E-state index in [4.69, 9.17) is 16.3 Å². The standard InChI is InChI=1S/C24H28ClN5O2S/c1-6-14-30-22(16(2)32-18-11-9-17(10-12-18)24(3,4)5)28-29-23(30)33-15-20(31)27-19-8-7-13-26-21(19)25/h6-13,16H,1,14-15H2,2-5H3,(H,27,31). The third kappa shape index (κ3) is 6.58. The number of rotatable bonds is 9. The fraction of sp³-hybridized carbons (Fsp3) is 0.333. The van der Waals surface area contributed by atoms with Crippen LogP contribution in [0.25, 0.3) is 0 Å². The lowest BCUT2D eigenvalue weighted by Crippen LogP contribution is -2.16. The van der Waals surface area contributed by atoms with Crippen LogP contribution >= 0.6 is 23.4 Å². The van der Waals surface area contributed by atoms with Crippen LogP contribution in [0, 0.1) is 0 Å². The number of hydrogen-bond acceptors (Lipinski definition) is 6. The van der Waals surface area contributed by atoms with Gasteiger partial charge in [-0.1, -0.05) is 62.3 Å². The molecular formula is C24H28ClN5O2S. The minimum Gasteiger partial charge on any atom is -0.483 e. The monoisotopic (exact) mass is 485 g/mol. The molecule has 0 saturated heterocycles. The van der Waals surface area contributed by atoms with E-state index in [1.165, 1.54) is 17.3 Å². The van der Waals surface area contributed by atoms with Crippen molar-refractivity contribution in [2.45, 2.75) is 50.9 Å². The second-order valence-electron chi connectivity index (χ2n) is 8.45. The predicted molar refractivity (Wildman–Crippen MR) is 133 cm³/mol. The molecule has 0 radical (unpaired) electrons. The molecule has 7 nitrogen and oxygen atoms in total. The number of amides is 1. The molecule has 174 valence electrons. The normalized spacial score (nSPS) is 12.3. The van der Waals surface area contributed by atoms with E-state index in [-0.39, 0.29) is 28.3 Å². The Bertz CT molecular complexity index is 1110. The molecule has 0 saturated carbocycles. The van der Waals surface area contributed by atoms with E-state index in [0.717, 1.165) is 5.75 Å². The third-order valence-electron chi connectivity index (χ3n) is 4.82. The Kier molecular flexibility index (Phi) is 8.15. The predicted octanol–water partition coefficient (Wildman–Crippen LogP) is 5.68. The zero-order valence-electron chi connectivity index (χ0n) is 19.2. The summed E-state index contributed by atoms with van der Waals surface area (Å²) in [6.07, 6.45) is 2.99. The van der Waals surface area contributed by atoms with Crippen molar-refractivity contribution in [3.63, 3.8) is 0 Å². The molecule has 1 atom stereocenters. The number of carbonyl (C=O) groups excluding carboxylic acids is 1. The van der Waals surface area contributed by atoms with Crippen molar-refractivity contribution in [1.29, 1.82) is 0 Å². The van der Waals surface area contributed by atoms with Crippen LogP contribution < -0.4 is 10.1 Å². The van der Waals surface area contributed by atoms with Gasteiger partial charge in [-0.3, -0.25) is 9.36 Å². The molecule has 3 aromatic rings. The van der Waals surface area contributed by atoms with Gasteiger partial charge >= 0.3 is 0 Å². The van der Waals surface area contributed by atoms with Crippen molar-refractivity contribution in [3.8, 4) is 5.75 Å². The van der Waals surface area contributed by atoms with Crippen LogP contribution in [-0.2, 0) is 16.8 Å². The number of ether oxygens (including phenoxy) is 1. The van der Waals surface area contributed by atoms with Crippen molar-refractivity contribution < 1.29 is 9.53 Å². The molecular weight excluding hydrogens is 458 g/mol. The third-order valence-corrected chi connectivity index (χ3v) is 6.09. The number of pyridine rings is 1. The number of aromatic nitrogens is 4. The molecule has 1 amide bonds. The molecule has 1 unspecified atom stereocenters. The summed E-state index contributed by atoms with van der Waals surface area (Å²) in [6, 6.07) is 11.5. The van der Waals surface area contributed by atoms with Crippen molar-refractivity contribution in [3.05, 3.63) is 71.8 Å². The highest BCUT2D eigenvalue weighted by Gasteiger charge is 2.20. The Hall–Kier alpha value is -2.84. The van der Waals surface area contributed by atoms with E-state index in [0.29, 0.717) is 23.2 Å². The van der Waals surface area contributed by atoms with Crippen LogP contribution in [0.5, 0.6) is 5.75 Å². The maximum atomic E-state index is 12.4. The fourth-order valence-electron chi connectivity index (χ4n) is 3.09. The molecule has 1 aromatic carbocycles. The van der Waals surface area contributed by atoms with Crippen LogP contribution in [0.3, 0.4) is 0 Å². The summed E-state index contributed by atoms with van der Waals surface area (Å²) in [6.45, 7) is 12.8. The van der Waals surface area contributed by atoms with Crippen LogP contribution in [0.2, 0.25) is 5.15 Å². The quantitative estimate of drug-likeness (QED) is 0.238. The number of hydrogen-bond donors (Lipinski definition) is 1. The largest absolute Gasteiger partial charge is 0.483 e. The number of thioether (sulfide) groups is 1. The van der Waals surface area contributed by atoms with Crippen molar-refractivity contribution in [2.24, 2.45) is 0 Å². The van der Waals surface area contributed by atoms with Crippen LogP contribution in [0.4, 0.5) is 5.69 Å². The molecule has 3 rings (SSSR count). The number of anilines is 1. The summed E-state index contributed by atoms with van der Waals surface area (Å²) in [7, 11) is 0. The molecule has 0 bridgehead atoms. The van der Waals surface area contributed by atoms with Crippen LogP contribution in [0.15, 0.2) is 60.4 Å². The van der Waals surface area contributed by atoms with E-state index in [2.05, 4.69) is 60.0 Å². The van der Waals surface area contributed by atoms with E-state index in [9.17, 15) is 4.79 Å². The summed E-state index contributed by atoms with van der Waals surface area (Å²) in [5.74, 6) is 1.34. The van der Waals surface area contributed by atoms with Crippen molar-refractivity contribution in [1.82, 2.24) is 19.7 Å². The number of allylic oxidation sites excluding steroid dienone is 1. The summed E-state index contributed by atoms with van der Waals surface area (Å²) in [5.41, 5.74) is 1.79. The Morgan fingerprint density at radius 2 is 2.00 bits per heavy atom. The van der Waals surface area contributed by atoms with Gasteiger partial charge in [0.15, 0.2) is 22.2 Å². The average Bonchev–Trinajstić information content (AvgIpc) is 3.17. The number of benzene rings is 1. The van der Waals surface area contributed by atoms with E-state index >= 15 is 0 Å². The highest BCUT2D eigenvalue weighted by atomic mass is 35.5. The van der Waals surface area contributed by atoms with Gasteiger partial charge < -0.3 is 10.1 Å². The van der Waals surface area contributed by atoms with Crippen LogP contribution in [-0.4, -0.2) is 31.4 Å². The first kappa shape index (κ1) is 24.8. The van der Waals surface area contributed by atoms with Gasteiger partial charge in [-0.15, -0.1) is 16.8 Å². The van der Waals surface area contributed by atoms with Gasteiger partial charge in [0.1, 0.15) is 5.75 Å². The minimum absolute atomic E-state index is 0.0784. The fourth-order valence-corrected chi connectivity index (χ4v) is 4.02. The average molecular weight is 486 g/mol. The number of nitrogens with one attached hydrogen (secondary N) is 1. The summed E-state index contributed by atoms with van der Waals surface area (Å²) >= 11 is 7.28. The lowest BCUT2D eigenvalue weighted by atomic mass is 9.87. The summed E-state index contributed by atoms with van der Waals surface area (Å²) in [5, 5.41) is 12.2. The van der Waals surface area contributed by atoms with E-state index in [1.54, 1.807) is 24.4 Å². The SMILES string of the molecule is C=CCn1c(SCC(=O)Nc2cccnc2Cl)nnc1C(C)Oc1ccc(C(C)(C)C)cc1. The molecule has 0 aliphatic carbocycles. The minimum atomic E-state index is -0.338. The topological polar surface area (TPSA) is 81.9 Å². The van der Waals surface area contributed by atoms with Gasteiger partial charge in [0.25, 0.3) is 0 Å². The lowest BCUT2D eigenvalue weighted by Gasteiger charge is -2.20. The van der Waals surface area contributed by atoms with E-state index in [1.807, 2.05) is 23.6 Å². The summed E-state index contributed by atoms with van der Waals surface area (Å²) in [4.78, 5) is 16.3. The Balaban J connectivity index is 1.67. The second kappa shape index (κ2) is 10.9. The van der Waals surface area contributed by atoms with Gasteiger partial charge in [0, 0.05) is 12.7 Å². The van der Waals surface area contributed by atoms with Gasteiger partial charge in [-0.05, 0) is 42.2 Å². The molecule has 33 heavy (non-hydrogen) atoms. The molecule has 2 aromatic heterocycles.